The van der Waals surface area contributed by atoms with Crippen molar-refractivity contribution in [2.45, 2.75) is 27.1 Å². The molecule has 2 atom stereocenters. The minimum Gasteiger partial charge on any atom is -0.466 e. The van der Waals surface area contributed by atoms with Gasteiger partial charge in [-0.15, -0.1) is 0 Å². The van der Waals surface area contributed by atoms with Gasteiger partial charge in [-0.25, -0.2) is 0 Å². The Labute approximate surface area is 91.7 Å². The first kappa shape index (κ1) is 12.5. The Morgan fingerprint density at radius 1 is 1.67 bits per heavy atom. The van der Waals surface area contributed by atoms with Gasteiger partial charge in [-0.05, 0) is 39.2 Å². The molecule has 0 bridgehead atoms. The highest BCUT2D eigenvalue weighted by molar-refractivity contribution is 6.45. The maximum absolute atomic E-state index is 11.6. The van der Waals surface area contributed by atoms with Crippen LogP contribution in [0.25, 0.3) is 0 Å². The highest BCUT2D eigenvalue weighted by Crippen LogP contribution is 2.24. The average molecular weight is 213 g/mol. The molecule has 1 rings (SSSR count). The molecular formula is C10H20BNO3. The summed E-state index contributed by atoms with van der Waals surface area (Å²) in [5, 5.41) is 9.43. The number of carbonyl (C=O) groups excluding carboxylic acids is 1. The van der Waals surface area contributed by atoms with Gasteiger partial charge in [-0.1, -0.05) is 6.92 Å². The summed E-state index contributed by atoms with van der Waals surface area (Å²) in [4.78, 5) is 13.6. The first-order valence-corrected chi connectivity index (χ1v) is 5.65. The average Bonchev–Trinajstić information content (AvgIpc) is 2.17. The lowest BCUT2D eigenvalue weighted by Crippen LogP contribution is -2.48. The molecule has 86 valence electrons. The van der Waals surface area contributed by atoms with Crippen LogP contribution in [0.3, 0.4) is 0 Å². The van der Waals surface area contributed by atoms with Crippen LogP contribution in [0.4, 0.5) is 0 Å². The summed E-state index contributed by atoms with van der Waals surface area (Å²) in [6.45, 7) is 7.61. The van der Waals surface area contributed by atoms with Crippen LogP contribution in [0.15, 0.2) is 0 Å². The summed E-state index contributed by atoms with van der Waals surface area (Å²) in [5.41, 5.74) is 0. The van der Waals surface area contributed by atoms with Crippen molar-refractivity contribution in [3.05, 3.63) is 0 Å². The van der Waals surface area contributed by atoms with Crippen molar-refractivity contribution < 1.29 is 14.6 Å². The van der Waals surface area contributed by atoms with Crippen LogP contribution in [0.1, 0.15) is 20.3 Å². The zero-order valence-corrected chi connectivity index (χ0v) is 9.77. The van der Waals surface area contributed by atoms with E-state index in [4.69, 9.17) is 4.74 Å². The van der Waals surface area contributed by atoms with Crippen LogP contribution in [0.2, 0.25) is 6.82 Å². The predicted octanol–water partition coefficient (Wildman–Crippen LogP) is 0.618. The van der Waals surface area contributed by atoms with Crippen molar-refractivity contribution in [3.63, 3.8) is 0 Å². The summed E-state index contributed by atoms with van der Waals surface area (Å²) < 4.78 is 5.03. The minimum absolute atomic E-state index is 0.0000463. The number of piperidine rings is 1. The Bertz CT molecular complexity index is 223. The lowest BCUT2D eigenvalue weighted by Gasteiger charge is -2.36. The monoisotopic (exact) mass is 213 g/mol. The van der Waals surface area contributed by atoms with Crippen molar-refractivity contribution in [2.24, 2.45) is 11.8 Å². The summed E-state index contributed by atoms with van der Waals surface area (Å²) in [6, 6.07) is 0. The highest BCUT2D eigenvalue weighted by atomic mass is 16.5. The Morgan fingerprint density at radius 2 is 2.33 bits per heavy atom. The molecule has 0 aliphatic carbocycles. The third-order valence-corrected chi connectivity index (χ3v) is 3.05. The normalized spacial score (nSPS) is 27.5. The number of rotatable bonds is 3. The Morgan fingerprint density at radius 3 is 2.80 bits per heavy atom. The van der Waals surface area contributed by atoms with E-state index in [-0.39, 0.29) is 17.8 Å². The van der Waals surface area contributed by atoms with Gasteiger partial charge in [0.05, 0.1) is 12.5 Å². The van der Waals surface area contributed by atoms with E-state index in [1.807, 2.05) is 18.7 Å². The van der Waals surface area contributed by atoms with Crippen molar-refractivity contribution in [1.82, 2.24) is 4.81 Å². The molecule has 1 aliphatic heterocycles. The first-order chi connectivity index (χ1) is 7.06. The number of hydrogen-bond donors (Lipinski definition) is 1. The van der Waals surface area contributed by atoms with E-state index in [0.717, 1.165) is 19.5 Å². The number of carbonyl (C=O) groups is 1. The van der Waals surface area contributed by atoms with Crippen molar-refractivity contribution in [2.75, 3.05) is 19.7 Å². The second kappa shape index (κ2) is 5.51. The highest BCUT2D eigenvalue weighted by Gasteiger charge is 2.34. The molecule has 1 aliphatic rings. The Balaban J connectivity index is 2.48. The second-order valence-electron chi connectivity index (χ2n) is 4.25. The molecule has 15 heavy (non-hydrogen) atoms. The van der Waals surface area contributed by atoms with Crippen LogP contribution in [-0.2, 0) is 9.53 Å². The fourth-order valence-electron chi connectivity index (χ4n) is 2.12. The van der Waals surface area contributed by atoms with Crippen LogP contribution in [0.5, 0.6) is 0 Å². The van der Waals surface area contributed by atoms with E-state index < -0.39 is 7.05 Å². The van der Waals surface area contributed by atoms with E-state index >= 15 is 0 Å². The molecule has 1 saturated heterocycles. The zero-order chi connectivity index (χ0) is 11.4. The van der Waals surface area contributed by atoms with Crippen molar-refractivity contribution >= 4 is 13.0 Å². The van der Waals surface area contributed by atoms with Gasteiger partial charge in [-0.3, -0.25) is 4.79 Å². The molecule has 0 saturated carbocycles. The van der Waals surface area contributed by atoms with Crippen molar-refractivity contribution in [3.8, 4) is 0 Å². The van der Waals surface area contributed by atoms with Gasteiger partial charge in [-0.2, -0.15) is 0 Å². The smallest absolute Gasteiger partial charge is 0.376 e. The number of ether oxygens (including phenoxy) is 1. The fourth-order valence-corrected chi connectivity index (χ4v) is 2.12. The number of hydrogen-bond acceptors (Lipinski definition) is 4. The molecule has 5 heteroatoms. The van der Waals surface area contributed by atoms with Gasteiger partial charge in [0.2, 0.25) is 0 Å². The lowest BCUT2D eigenvalue weighted by molar-refractivity contribution is -0.151. The predicted molar refractivity (Wildman–Crippen MR) is 59.3 cm³/mol. The molecule has 0 spiro atoms. The van der Waals surface area contributed by atoms with Gasteiger partial charge in [0.15, 0.2) is 0 Å². The molecule has 1 fully saturated rings. The molecule has 0 radical (unpaired) electrons. The van der Waals surface area contributed by atoms with Crippen LogP contribution < -0.4 is 0 Å². The summed E-state index contributed by atoms with van der Waals surface area (Å²) in [7, 11) is -0.421. The van der Waals surface area contributed by atoms with E-state index in [9.17, 15) is 9.82 Å². The standard InChI is InChI=1S/C10H20BNO3/c1-4-15-10(13)9-5-6-12(11(3)14)7-8(9)2/h8-9,14H,4-7H2,1-3H3. The van der Waals surface area contributed by atoms with Gasteiger partial charge < -0.3 is 14.6 Å². The first-order valence-electron chi connectivity index (χ1n) is 5.65. The molecule has 4 nitrogen and oxygen atoms in total. The van der Waals surface area contributed by atoms with E-state index in [1.165, 1.54) is 0 Å². The maximum atomic E-state index is 11.6. The van der Waals surface area contributed by atoms with Crippen LogP contribution in [-0.4, -0.2) is 42.6 Å². The fraction of sp³-hybridized carbons (Fsp3) is 0.900. The lowest BCUT2D eigenvalue weighted by atomic mass is 9.77. The second-order valence-corrected chi connectivity index (χ2v) is 4.25. The van der Waals surface area contributed by atoms with Crippen LogP contribution >= 0.6 is 0 Å². The molecule has 0 aromatic heterocycles. The largest absolute Gasteiger partial charge is 0.466 e. The van der Waals surface area contributed by atoms with Crippen LogP contribution in [0, 0.1) is 11.8 Å². The molecular weight excluding hydrogens is 193 g/mol. The molecule has 0 amide bonds. The third kappa shape index (κ3) is 3.21. The summed E-state index contributed by atoms with van der Waals surface area (Å²) >= 11 is 0. The topological polar surface area (TPSA) is 49.8 Å². The summed E-state index contributed by atoms with van der Waals surface area (Å²) in [5.74, 6) is 0.169. The zero-order valence-electron chi connectivity index (χ0n) is 9.77. The van der Waals surface area contributed by atoms with Gasteiger partial charge >= 0.3 is 13.0 Å². The Kier molecular flexibility index (Phi) is 4.60. The molecule has 1 N–H and O–H groups in total. The molecule has 2 unspecified atom stereocenters. The maximum Gasteiger partial charge on any atom is 0.376 e. The molecule has 0 aromatic carbocycles. The van der Waals surface area contributed by atoms with E-state index in [1.54, 1.807) is 6.82 Å². The minimum atomic E-state index is -0.421. The quantitative estimate of drug-likeness (QED) is 0.551. The Hall–Kier alpha value is -0.545. The van der Waals surface area contributed by atoms with Gasteiger partial charge in [0.25, 0.3) is 0 Å². The number of esters is 1. The van der Waals surface area contributed by atoms with Gasteiger partial charge in [0.1, 0.15) is 0 Å². The van der Waals surface area contributed by atoms with E-state index in [2.05, 4.69) is 0 Å². The summed E-state index contributed by atoms with van der Waals surface area (Å²) in [6.07, 6.45) is 0.783. The third-order valence-electron chi connectivity index (χ3n) is 3.05. The van der Waals surface area contributed by atoms with E-state index in [0.29, 0.717) is 6.61 Å². The van der Waals surface area contributed by atoms with Crippen molar-refractivity contribution in [1.29, 1.82) is 0 Å². The SMILES string of the molecule is CCOC(=O)C1CCN(B(C)O)CC1C. The number of nitrogens with zero attached hydrogens (tertiary/aromatic N) is 1. The molecule has 1 heterocycles. The molecule has 0 aromatic rings. The van der Waals surface area contributed by atoms with Gasteiger partial charge in [0, 0.05) is 0 Å².